The zero-order chi connectivity index (χ0) is 7.00. The van der Waals surface area contributed by atoms with Crippen molar-refractivity contribution in [2.45, 2.75) is 5.51 Å². The Bertz CT molecular complexity index is 171. The summed E-state index contributed by atoms with van der Waals surface area (Å²) >= 11 is 0. The molecule has 0 aliphatic rings. The zero-order valence-electron chi connectivity index (χ0n) is 4.44. The molecule has 0 bridgehead atoms. The van der Waals surface area contributed by atoms with E-state index in [4.69, 9.17) is 0 Å². The van der Waals surface area contributed by atoms with Crippen LogP contribution in [0.2, 0.25) is 0 Å². The van der Waals surface area contributed by atoms with Gasteiger partial charge >= 0.3 is 66.9 Å². The minimum absolute atomic E-state index is 0. The summed E-state index contributed by atoms with van der Waals surface area (Å²) in [6.45, 7) is 0. The van der Waals surface area contributed by atoms with Gasteiger partial charge in [-0.25, -0.2) is 13.6 Å². The third-order valence-corrected chi connectivity index (χ3v) is 0.968. The third kappa shape index (κ3) is 4.70. The summed E-state index contributed by atoms with van der Waals surface area (Å²) in [5.41, 5.74) is -5.31. The van der Waals surface area contributed by atoms with Crippen LogP contribution in [0.3, 0.4) is 0 Å². The molecule has 0 radical (unpaired) electrons. The normalized spacial score (nSPS) is 12.4. The van der Waals surface area contributed by atoms with Crippen molar-refractivity contribution in [2.24, 2.45) is 5.14 Å². The van der Waals surface area contributed by atoms with Crippen molar-refractivity contribution in [3.63, 3.8) is 0 Å². The number of sulfonamides is 1. The molecule has 9 heavy (non-hydrogen) atoms. The van der Waals surface area contributed by atoms with Crippen molar-refractivity contribution in [1.82, 2.24) is 0 Å². The van der Waals surface area contributed by atoms with Crippen molar-refractivity contribution in [3.05, 3.63) is 0 Å². The Hall–Kier alpha value is 1.34. The van der Waals surface area contributed by atoms with Crippen LogP contribution in [0.4, 0.5) is 13.2 Å². The fourth-order valence-corrected chi connectivity index (χ4v) is 0. The summed E-state index contributed by atoms with van der Waals surface area (Å²) in [7, 11) is -5.34. The van der Waals surface area contributed by atoms with Crippen LogP contribution in [-0.4, -0.2) is 13.9 Å². The molecule has 0 amide bonds. The first kappa shape index (κ1) is 13.0. The van der Waals surface area contributed by atoms with E-state index in [1.807, 2.05) is 0 Å². The average molecular weight is 188 g/mol. The maximum absolute atomic E-state index is 10.8. The Morgan fingerprint density at radius 1 is 1.22 bits per heavy atom. The quantitative estimate of drug-likeness (QED) is 0.407. The fourth-order valence-electron chi connectivity index (χ4n) is 0. The number of rotatable bonds is 0. The molecule has 0 unspecified atom stereocenters. The van der Waals surface area contributed by atoms with Gasteiger partial charge in [0.1, 0.15) is 0 Å². The van der Waals surface area contributed by atoms with Gasteiger partial charge in [-0.05, 0) is 0 Å². The Kier molecular flexibility index (Phi) is 5.26. The summed E-state index contributed by atoms with van der Waals surface area (Å²) in [6, 6.07) is 0. The number of halogens is 3. The summed E-state index contributed by atoms with van der Waals surface area (Å²) < 4.78 is 51.2. The molecule has 3 nitrogen and oxygen atoms in total. The number of nitrogens with two attached hydrogens (primary N) is 1. The third-order valence-electron chi connectivity index (χ3n) is 0.323. The predicted molar refractivity (Wildman–Crippen MR) is 19.2 cm³/mol. The van der Waals surface area contributed by atoms with Crippen LogP contribution in [0.15, 0.2) is 0 Å². The van der Waals surface area contributed by atoms with Crippen LogP contribution in [0.1, 0.15) is 0 Å². The van der Waals surface area contributed by atoms with Crippen LogP contribution in [0, 0.1) is 0 Å². The van der Waals surface area contributed by atoms with E-state index in [0.717, 1.165) is 0 Å². The van der Waals surface area contributed by atoms with Crippen LogP contribution in [-0.2, 0) is 10.0 Å². The molecular formula is CH2F3KNO2S+. The van der Waals surface area contributed by atoms with Crippen molar-refractivity contribution in [2.75, 3.05) is 0 Å². The molecule has 0 saturated heterocycles. The van der Waals surface area contributed by atoms with Gasteiger partial charge in [0.2, 0.25) is 0 Å². The summed E-state index contributed by atoms with van der Waals surface area (Å²) in [5.74, 6) is 0. The van der Waals surface area contributed by atoms with Crippen LogP contribution >= 0.6 is 0 Å². The zero-order valence-corrected chi connectivity index (χ0v) is 8.38. The minimum Gasteiger partial charge on any atom is -0.221 e. The Balaban J connectivity index is 0. The first-order valence-electron chi connectivity index (χ1n) is 1.34. The van der Waals surface area contributed by atoms with Gasteiger partial charge in [0, 0.05) is 0 Å². The molecule has 50 valence electrons. The topological polar surface area (TPSA) is 60.2 Å². The smallest absolute Gasteiger partial charge is 0.221 e. The van der Waals surface area contributed by atoms with Gasteiger partial charge in [-0.1, -0.05) is 0 Å². The molecule has 0 spiro atoms. The van der Waals surface area contributed by atoms with Gasteiger partial charge in [0.25, 0.3) is 0 Å². The average Bonchev–Trinajstić information content (AvgIpc) is 1.25. The van der Waals surface area contributed by atoms with E-state index in [9.17, 15) is 21.6 Å². The van der Waals surface area contributed by atoms with Crippen molar-refractivity contribution < 1.29 is 73.0 Å². The number of alkyl halides is 3. The second-order valence-corrected chi connectivity index (χ2v) is 2.54. The van der Waals surface area contributed by atoms with E-state index in [1.54, 1.807) is 0 Å². The first-order valence-corrected chi connectivity index (χ1v) is 2.89. The van der Waals surface area contributed by atoms with Crippen molar-refractivity contribution in [3.8, 4) is 0 Å². The molecule has 0 saturated carbocycles. The van der Waals surface area contributed by atoms with E-state index in [-0.39, 0.29) is 51.4 Å². The van der Waals surface area contributed by atoms with Crippen LogP contribution in [0.5, 0.6) is 0 Å². The Labute approximate surface area is 92.3 Å². The molecule has 8 heteroatoms. The molecule has 2 N–H and O–H groups in total. The van der Waals surface area contributed by atoms with E-state index < -0.39 is 15.5 Å². The second kappa shape index (κ2) is 3.65. The van der Waals surface area contributed by atoms with Gasteiger partial charge in [-0.15, -0.1) is 0 Å². The monoisotopic (exact) mass is 188 g/mol. The second-order valence-electron chi connectivity index (χ2n) is 0.991. The minimum atomic E-state index is -5.34. The molecule has 0 aromatic carbocycles. The van der Waals surface area contributed by atoms with E-state index in [2.05, 4.69) is 5.14 Å². The van der Waals surface area contributed by atoms with Crippen LogP contribution < -0.4 is 56.5 Å². The Morgan fingerprint density at radius 3 is 1.33 bits per heavy atom. The summed E-state index contributed by atoms with van der Waals surface area (Å²) in [5, 5.41) is 3.66. The number of hydrogen-bond acceptors (Lipinski definition) is 2. The standard InChI is InChI=1S/CH2F3NO2S.K/c2-1(3,4)8(5,6)7;/h(H2,5,6,7);/q;+1. The van der Waals surface area contributed by atoms with Crippen molar-refractivity contribution >= 4 is 10.0 Å². The predicted octanol–water partition coefficient (Wildman–Crippen LogP) is -3.20. The van der Waals surface area contributed by atoms with E-state index >= 15 is 0 Å². The van der Waals surface area contributed by atoms with E-state index in [1.165, 1.54) is 0 Å². The molecular weight excluding hydrogens is 186 g/mol. The molecule has 0 rings (SSSR count). The van der Waals surface area contributed by atoms with Gasteiger partial charge < -0.3 is 0 Å². The van der Waals surface area contributed by atoms with Crippen LogP contribution in [0.25, 0.3) is 0 Å². The van der Waals surface area contributed by atoms with E-state index in [0.29, 0.717) is 0 Å². The number of hydrogen-bond donors (Lipinski definition) is 1. The largest absolute Gasteiger partial charge is 1.00 e. The summed E-state index contributed by atoms with van der Waals surface area (Å²) in [6.07, 6.45) is 0. The number of primary sulfonamides is 1. The molecule has 0 aliphatic heterocycles. The van der Waals surface area contributed by atoms with Gasteiger partial charge in [-0.3, -0.25) is 0 Å². The summed E-state index contributed by atoms with van der Waals surface area (Å²) in [4.78, 5) is 0. The maximum Gasteiger partial charge on any atom is 1.00 e. The van der Waals surface area contributed by atoms with Crippen molar-refractivity contribution in [1.29, 1.82) is 0 Å². The molecule has 0 fully saturated rings. The molecule has 0 atom stereocenters. The molecule has 0 aliphatic carbocycles. The van der Waals surface area contributed by atoms with Gasteiger partial charge in [0.05, 0.1) is 0 Å². The molecule has 0 aromatic rings. The molecule has 0 aromatic heterocycles. The Morgan fingerprint density at radius 2 is 1.33 bits per heavy atom. The SMILES string of the molecule is NS(=O)(=O)C(F)(F)F.[K+]. The molecule has 0 heterocycles. The first-order chi connectivity index (χ1) is 3.25. The maximum atomic E-state index is 10.8. The van der Waals surface area contributed by atoms with Gasteiger partial charge in [-0.2, -0.15) is 13.2 Å². The fraction of sp³-hybridized carbons (Fsp3) is 1.00. The van der Waals surface area contributed by atoms with Gasteiger partial charge in [0.15, 0.2) is 0 Å².